The van der Waals surface area contributed by atoms with Crippen molar-refractivity contribution in [2.24, 2.45) is 0 Å². The fraction of sp³-hybridized carbons (Fsp3) is 0.900. The molecule has 0 amide bonds. The first-order chi connectivity index (χ1) is 7.13. The zero-order valence-electron chi connectivity index (χ0n) is 9.47. The summed E-state index contributed by atoms with van der Waals surface area (Å²) in [4.78, 5) is 10.6. The summed E-state index contributed by atoms with van der Waals surface area (Å²) in [5.74, 6) is -1.05. The lowest BCUT2D eigenvalue weighted by molar-refractivity contribution is -0.220. The van der Waals surface area contributed by atoms with E-state index in [0.717, 1.165) is 0 Å². The van der Waals surface area contributed by atoms with Crippen molar-refractivity contribution in [2.45, 2.75) is 52.1 Å². The van der Waals surface area contributed by atoms with Crippen LogP contribution in [-0.4, -0.2) is 41.3 Å². The van der Waals surface area contributed by atoms with Crippen molar-refractivity contribution >= 4 is 5.97 Å². The predicted octanol–water partition coefficient (Wildman–Crippen LogP) is 1.000. The van der Waals surface area contributed by atoms with Crippen molar-refractivity contribution in [1.29, 1.82) is 0 Å². The first-order valence-electron chi connectivity index (χ1n) is 5.31. The quantitative estimate of drug-likeness (QED) is 0.742. The highest BCUT2D eigenvalue weighted by atomic mass is 16.7. The molecule has 90 valence electrons. The number of carbonyl (C=O) groups is 1. The predicted molar refractivity (Wildman–Crippen MR) is 54.5 cm³/mol. The molecule has 15 heavy (non-hydrogen) atoms. The Labute approximate surface area is 90.0 Å². The molecule has 1 aliphatic heterocycles. The maximum Gasteiger partial charge on any atom is 0.333 e. The van der Waals surface area contributed by atoms with E-state index >= 15 is 0 Å². The van der Waals surface area contributed by atoms with E-state index in [1.54, 1.807) is 6.92 Å². The molecule has 5 heteroatoms. The molecule has 0 radical (unpaired) electrons. The molecule has 1 aliphatic rings. The second-order valence-electron chi connectivity index (χ2n) is 2.97. The number of hydrogen-bond donors (Lipinski definition) is 2. The highest BCUT2D eigenvalue weighted by Crippen LogP contribution is 2.20. The van der Waals surface area contributed by atoms with E-state index in [4.69, 9.17) is 14.6 Å². The largest absolute Gasteiger partial charge is 0.479 e. The second-order valence-corrected chi connectivity index (χ2v) is 2.97. The molecule has 0 aromatic heterocycles. The van der Waals surface area contributed by atoms with E-state index in [0.29, 0.717) is 13.0 Å². The van der Waals surface area contributed by atoms with Crippen molar-refractivity contribution in [1.82, 2.24) is 0 Å². The summed E-state index contributed by atoms with van der Waals surface area (Å²) in [7, 11) is 0. The van der Waals surface area contributed by atoms with Crippen molar-refractivity contribution < 1.29 is 24.5 Å². The van der Waals surface area contributed by atoms with Crippen LogP contribution in [0.5, 0.6) is 0 Å². The molecule has 1 fully saturated rings. The Balaban J connectivity index is 0.000000921. The summed E-state index contributed by atoms with van der Waals surface area (Å²) in [5.41, 5.74) is 0. The summed E-state index contributed by atoms with van der Waals surface area (Å²) in [6, 6.07) is 0. The summed E-state index contributed by atoms with van der Waals surface area (Å²) in [5, 5.41) is 18.0. The van der Waals surface area contributed by atoms with Crippen molar-refractivity contribution in [3.05, 3.63) is 0 Å². The SMILES string of the molecule is CC.CCOC1CC(O)CC(C(=O)O)O1. The van der Waals surface area contributed by atoms with Gasteiger partial charge in [0.2, 0.25) is 0 Å². The Morgan fingerprint density at radius 3 is 2.53 bits per heavy atom. The van der Waals surface area contributed by atoms with Gasteiger partial charge in [0, 0.05) is 19.4 Å². The van der Waals surface area contributed by atoms with Gasteiger partial charge in [-0.05, 0) is 6.92 Å². The van der Waals surface area contributed by atoms with Gasteiger partial charge in [0.1, 0.15) is 0 Å². The average molecular weight is 220 g/mol. The lowest BCUT2D eigenvalue weighted by Crippen LogP contribution is -2.41. The molecule has 1 heterocycles. The monoisotopic (exact) mass is 220 g/mol. The van der Waals surface area contributed by atoms with Crippen LogP contribution in [0, 0.1) is 0 Å². The van der Waals surface area contributed by atoms with Crippen molar-refractivity contribution in [3.63, 3.8) is 0 Å². The van der Waals surface area contributed by atoms with Crippen LogP contribution >= 0.6 is 0 Å². The third kappa shape index (κ3) is 5.11. The normalized spacial score (nSPS) is 30.3. The van der Waals surface area contributed by atoms with Gasteiger partial charge in [0.15, 0.2) is 12.4 Å². The Morgan fingerprint density at radius 2 is 2.07 bits per heavy atom. The number of aliphatic hydroxyl groups excluding tert-OH is 1. The molecule has 3 atom stereocenters. The topological polar surface area (TPSA) is 76.0 Å². The van der Waals surface area contributed by atoms with Gasteiger partial charge < -0.3 is 19.7 Å². The van der Waals surface area contributed by atoms with Crippen LogP contribution in [0.25, 0.3) is 0 Å². The average Bonchev–Trinajstić information content (AvgIpc) is 2.20. The molecule has 2 N–H and O–H groups in total. The first kappa shape index (κ1) is 14.3. The number of rotatable bonds is 3. The van der Waals surface area contributed by atoms with Gasteiger partial charge in [-0.15, -0.1) is 0 Å². The standard InChI is InChI=1S/C8H14O5.C2H6/c1-2-12-7-4-5(9)3-6(13-7)8(10)11;1-2/h5-7,9H,2-4H2,1H3,(H,10,11);1-2H3. The Bertz CT molecular complexity index is 183. The summed E-state index contributed by atoms with van der Waals surface area (Å²) in [6.45, 7) is 6.24. The highest BCUT2D eigenvalue weighted by Gasteiger charge is 2.32. The third-order valence-electron chi connectivity index (χ3n) is 1.89. The van der Waals surface area contributed by atoms with E-state index in [1.807, 2.05) is 13.8 Å². The fourth-order valence-corrected chi connectivity index (χ4v) is 1.31. The molecule has 5 nitrogen and oxygen atoms in total. The summed E-state index contributed by atoms with van der Waals surface area (Å²) < 4.78 is 10.2. The number of carboxylic acids is 1. The molecule has 3 unspecified atom stereocenters. The first-order valence-corrected chi connectivity index (χ1v) is 5.31. The van der Waals surface area contributed by atoms with E-state index < -0.39 is 24.5 Å². The molecule has 0 aromatic carbocycles. The smallest absolute Gasteiger partial charge is 0.333 e. The van der Waals surface area contributed by atoms with Gasteiger partial charge in [-0.1, -0.05) is 13.8 Å². The fourth-order valence-electron chi connectivity index (χ4n) is 1.31. The molecule has 0 aliphatic carbocycles. The van der Waals surface area contributed by atoms with Gasteiger partial charge in [-0.25, -0.2) is 4.79 Å². The Kier molecular flexibility index (Phi) is 7.29. The van der Waals surface area contributed by atoms with Gasteiger partial charge in [0.05, 0.1) is 6.10 Å². The van der Waals surface area contributed by atoms with Crippen LogP contribution in [0.15, 0.2) is 0 Å². The van der Waals surface area contributed by atoms with E-state index in [2.05, 4.69) is 0 Å². The van der Waals surface area contributed by atoms with Gasteiger partial charge in [-0.3, -0.25) is 0 Å². The zero-order valence-corrected chi connectivity index (χ0v) is 9.47. The van der Waals surface area contributed by atoms with Crippen LogP contribution in [0.3, 0.4) is 0 Å². The minimum Gasteiger partial charge on any atom is -0.479 e. The van der Waals surface area contributed by atoms with Gasteiger partial charge in [0.25, 0.3) is 0 Å². The molecular formula is C10H20O5. The molecule has 1 saturated heterocycles. The number of ether oxygens (including phenoxy) is 2. The van der Waals surface area contributed by atoms with Crippen molar-refractivity contribution in [2.75, 3.05) is 6.61 Å². The molecule has 0 saturated carbocycles. The van der Waals surface area contributed by atoms with Crippen LogP contribution in [0.2, 0.25) is 0 Å². The maximum atomic E-state index is 10.6. The van der Waals surface area contributed by atoms with Crippen LogP contribution in [-0.2, 0) is 14.3 Å². The van der Waals surface area contributed by atoms with E-state index in [1.165, 1.54) is 0 Å². The van der Waals surface area contributed by atoms with Gasteiger partial charge >= 0.3 is 5.97 Å². The van der Waals surface area contributed by atoms with Crippen molar-refractivity contribution in [3.8, 4) is 0 Å². The lowest BCUT2D eigenvalue weighted by atomic mass is 10.1. The number of aliphatic hydroxyl groups is 1. The van der Waals surface area contributed by atoms with Crippen LogP contribution < -0.4 is 0 Å². The number of aliphatic carboxylic acids is 1. The lowest BCUT2D eigenvalue weighted by Gasteiger charge is -2.30. The molecule has 1 rings (SSSR count). The van der Waals surface area contributed by atoms with Crippen LogP contribution in [0.1, 0.15) is 33.6 Å². The highest BCUT2D eigenvalue weighted by molar-refractivity contribution is 5.72. The van der Waals surface area contributed by atoms with Crippen LogP contribution in [0.4, 0.5) is 0 Å². The minimum atomic E-state index is -1.05. The minimum absolute atomic E-state index is 0.138. The summed E-state index contributed by atoms with van der Waals surface area (Å²) >= 11 is 0. The zero-order chi connectivity index (χ0) is 11.8. The number of carboxylic acid groups (broad SMARTS) is 1. The summed E-state index contributed by atoms with van der Waals surface area (Å²) in [6.07, 6.45) is -1.70. The third-order valence-corrected chi connectivity index (χ3v) is 1.89. The van der Waals surface area contributed by atoms with Gasteiger partial charge in [-0.2, -0.15) is 0 Å². The van der Waals surface area contributed by atoms with E-state index in [-0.39, 0.29) is 6.42 Å². The molecular weight excluding hydrogens is 200 g/mol. The Morgan fingerprint density at radius 1 is 1.47 bits per heavy atom. The Hall–Kier alpha value is -0.650. The number of hydrogen-bond acceptors (Lipinski definition) is 4. The molecule has 0 aromatic rings. The maximum absolute atomic E-state index is 10.6. The molecule has 0 spiro atoms. The second kappa shape index (κ2) is 7.62. The van der Waals surface area contributed by atoms with E-state index in [9.17, 15) is 9.90 Å². The molecule has 0 bridgehead atoms.